The molecule has 0 aliphatic carbocycles. The van der Waals surface area contributed by atoms with E-state index in [4.69, 9.17) is 34.2 Å². The maximum Gasteiger partial charge on any atom is 0.234 e. The second-order valence-corrected chi connectivity index (χ2v) is 5.32. The molecule has 1 aromatic heterocycles. The van der Waals surface area contributed by atoms with Gasteiger partial charge >= 0.3 is 0 Å². The molecule has 0 fully saturated rings. The van der Waals surface area contributed by atoms with E-state index in [1.54, 1.807) is 45.3 Å². The molecule has 0 radical (unpaired) electrons. The van der Waals surface area contributed by atoms with Gasteiger partial charge in [-0.3, -0.25) is 9.80 Å². The highest BCUT2D eigenvalue weighted by molar-refractivity contribution is 5.38. The first-order valence-electron chi connectivity index (χ1n) is 8.17. The maximum atomic E-state index is 5.53. The fourth-order valence-electron chi connectivity index (χ4n) is 2.19. The van der Waals surface area contributed by atoms with Crippen molar-refractivity contribution in [2.45, 2.75) is 6.10 Å². The van der Waals surface area contributed by atoms with E-state index in [1.165, 1.54) is 0 Å². The van der Waals surface area contributed by atoms with Gasteiger partial charge in [0.15, 0.2) is 5.82 Å². The number of anilines is 2. The van der Waals surface area contributed by atoms with Gasteiger partial charge in [-0.05, 0) is 0 Å². The van der Waals surface area contributed by atoms with E-state index in [0.29, 0.717) is 17.7 Å². The Morgan fingerprint density at radius 1 is 0.741 bits per heavy atom. The van der Waals surface area contributed by atoms with Gasteiger partial charge in [0, 0.05) is 35.5 Å². The molecule has 0 saturated heterocycles. The molecule has 27 heavy (non-hydrogen) atoms. The van der Waals surface area contributed by atoms with Crippen molar-refractivity contribution in [3.8, 4) is 0 Å². The molecule has 12 nitrogen and oxygen atoms in total. The zero-order valence-corrected chi connectivity index (χ0v) is 16.6. The average Bonchev–Trinajstić information content (AvgIpc) is 2.67. The summed E-state index contributed by atoms with van der Waals surface area (Å²) < 4.78 is 31.5. The standard InChI is InChI=1S/C15H30N6O6/c1-22-6-12(27-7-16)13-17-14(20(8-23-2)9-24-3)19-15(18-13)21(10-25-4)11-26-5/h12H,6-11,16H2,1-5H3. The van der Waals surface area contributed by atoms with E-state index >= 15 is 0 Å². The van der Waals surface area contributed by atoms with Crippen LogP contribution in [-0.4, -0.2) is 90.8 Å². The average molecular weight is 390 g/mol. The molecule has 0 aliphatic rings. The Morgan fingerprint density at radius 3 is 1.52 bits per heavy atom. The van der Waals surface area contributed by atoms with Crippen molar-refractivity contribution in [3.05, 3.63) is 5.82 Å². The summed E-state index contributed by atoms with van der Waals surface area (Å²) in [7, 11) is 7.83. The summed E-state index contributed by atoms with van der Waals surface area (Å²) in [6.07, 6.45) is -0.570. The van der Waals surface area contributed by atoms with Crippen molar-refractivity contribution in [1.82, 2.24) is 15.0 Å². The molecule has 0 saturated carbocycles. The third-order valence-electron chi connectivity index (χ3n) is 3.24. The van der Waals surface area contributed by atoms with Crippen LogP contribution >= 0.6 is 0 Å². The highest BCUT2D eigenvalue weighted by atomic mass is 16.5. The van der Waals surface area contributed by atoms with Gasteiger partial charge in [0.1, 0.15) is 33.0 Å². The van der Waals surface area contributed by atoms with Gasteiger partial charge in [0.25, 0.3) is 0 Å². The Hall–Kier alpha value is -1.67. The third-order valence-corrected chi connectivity index (χ3v) is 3.24. The zero-order chi connectivity index (χ0) is 20.1. The summed E-state index contributed by atoms with van der Waals surface area (Å²) in [6, 6.07) is 0. The second kappa shape index (κ2) is 13.5. The van der Waals surface area contributed by atoms with E-state index < -0.39 is 6.10 Å². The molecule has 0 amide bonds. The van der Waals surface area contributed by atoms with Crippen LogP contribution in [0.2, 0.25) is 0 Å². The number of nitrogens with two attached hydrogens (primary N) is 1. The van der Waals surface area contributed by atoms with Crippen LogP contribution < -0.4 is 15.5 Å². The Bertz CT molecular complexity index is 424. The molecule has 1 heterocycles. The minimum Gasteiger partial charge on any atom is -0.381 e. The minimum absolute atomic E-state index is 0.00983. The van der Waals surface area contributed by atoms with E-state index in [9.17, 15) is 0 Å². The topological polar surface area (TPSA) is 127 Å². The van der Waals surface area contributed by atoms with Crippen molar-refractivity contribution in [1.29, 1.82) is 0 Å². The van der Waals surface area contributed by atoms with Crippen LogP contribution in [0.15, 0.2) is 0 Å². The van der Waals surface area contributed by atoms with Gasteiger partial charge in [-0.15, -0.1) is 0 Å². The number of hydrogen-bond donors (Lipinski definition) is 1. The van der Waals surface area contributed by atoms with Crippen molar-refractivity contribution in [3.63, 3.8) is 0 Å². The molecule has 0 bridgehead atoms. The fourth-order valence-corrected chi connectivity index (χ4v) is 2.19. The number of ether oxygens (including phenoxy) is 6. The molecule has 2 N–H and O–H groups in total. The first kappa shape index (κ1) is 23.4. The summed E-state index contributed by atoms with van der Waals surface area (Å²) in [5, 5.41) is 0. The summed E-state index contributed by atoms with van der Waals surface area (Å²) in [4.78, 5) is 16.9. The van der Waals surface area contributed by atoms with Gasteiger partial charge in [-0.1, -0.05) is 0 Å². The monoisotopic (exact) mass is 390 g/mol. The molecule has 0 aromatic carbocycles. The van der Waals surface area contributed by atoms with Crippen LogP contribution in [0.3, 0.4) is 0 Å². The SMILES string of the molecule is COCC(OCN)c1nc(N(COC)COC)nc(N(COC)COC)n1. The Labute approximate surface area is 159 Å². The molecule has 1 unspecified atom stereocenters. The number of rotatable bonds is 15. The fraction of sp³-hybridized carbons (Fsp3) is 0.800. The highest BCUT2D eigenvalue weighted by Gasteiger charge is 2.22. The molecule has 0 spiro atoms. The van der Waals surface area contributed by atoms with E-state index in [-0.39, 0.29) is 40.3 Å². The maximum absolute atomic E-state index is 5.53. The molecule has 1 rings (SSSR count). The number of aromatic nitrogens is 3. The smallest absolute Gasteiger partial charge is 0.234 e. The van der Waals surface area contributed by atoms with Crippen LogP contribution in [0.4, 0.5) is 11.9 Å². The zero-order valence-electron chi connectivity index (χ0n) is 16.6. The van der Waals surface area contributed by atoms with E-state index in [2.05, 4.69) is 15.0 Å². The number of methoxy groups -OCH3 is 5. The quantitative estimate of drug-likeness (QED) is 0.389. The largest absolute Gasteiger partial charge is 0.381 e. The van der Waals surface area contributed by atoms with Crippen molar-refractivity contribution in [2.75, 3.05) is 85.6 Å². The van der Waals surface area contributed by atoms with Crippen molar-refractivity contribution < 1.29 is 28.4 Å². The lowest BCUT2D eigenvalue weighted by molar-refractivity contribution is -0.00555. The van der Waals surface area contributed by atoms with Gasteiger partial charge in [-0.2, -0.15) is 15.0 Å². The molecule has 12 heteroatoms. The molecular weight excluding hydrogens is 360 g/mol. The Balaban J connectivity index is 3.38. The van der Waals surface area contributed by atoms with Gasteiger partial charge in [0.05, 0.1) is 13.3 Å². The van der Waals surface area contributed by atoms with E-state index in [0.717, 1.165) is 0 Å². The van der Waals surface area contributed by atoms with Crippen molar-refractivity contribution >= 4 is 11.9 Å². The summed E-state index contributed by atoms with van der Waals surface area (Å²) in [6.45, 7) is 1.10. The Kier molecular flexibility index (Phi) is 11.7. The predicted molar refractivity (Wildman–Crippen MR) is 97.0 cm³/mol. The summed E-state index contributed by atoms with van der Waals surface area (Å²) >= 11 is 0. The van der Waals surface area contributed by atoms with E-state index in [1.807, 2.05) is 0 Å². The first-order valence-corrected chi connectivity index (χ1v) is 8.17. The van der Waals surface area contributed by atoms with Gasteiger partial charge < -0.3 is 34.2 Å². The highest BCUT2D eigenvalue weighted by Crippen LogP contribution is 2.20. The molecular formula is C15H30N6O6. The Morgan fingerprint density at radius 2 is 1.19 bits per heavy atom. The first-order chi connectivity index (χ1) is 13.1. The lowest BCUT2D eigenvalue weighted by Gasteiger charge is -2.26. The summed E-state index contributed by atoms with van der Waals surface area (Å²) in [5.41, 5.74) is 5.53. The number of nitrogens with zero attached hydrogens (tertiary/aromatic N) is 5. The molecule has 1 aromatic rings. The minimum atomic E-state index is -0.570. The number of hydrogen-bond acceptors (Lipinski definition) is 12. The van der Waals surface area contributed by atoms with Gasteiger partial charge in [-0.25, -0.2) is 0 Å². The molecule has 1 atom stereocenters. The lowest BCUT2D eigenvalue weighted by atomic mass is 10.3. The third kappa shape index (κ3) is 7.46. The van der Waals surface area contributed by atoms with Crippen LogP contribution in [-0.2, 0) is 28.4 Å². The molecule has 0 aliphatic heterocycles. The summed E-state index contributed by atoms with van der Waals surface area (Å²) in [5.74, 6) is 1.05. The van der Waals surface area contributed by atoms with Crippen LogP contribution in [0, 0.1) is 0 Å². The van der Waals surface area contributed by atoms with Crippen LogP contribution in [0.25, 0.3) is 0 Å². The second-order valence-electron chi connectivity index (χ2n) is 5.32. The lowest BCUT2D eigenvalue weighted by Crippen LogP contribution is -2.34. The van der Waals surface area contributed by atoms with Gasteiger partial charge in [0.2, 0.25) is 11.9 Å². The molecule has 156 valence electrons. The predicted octanol–water partition coefficient (Wildman–Crippen LogP) is -0.480. The van der Waals surface area contributed by atoms with Crippen LogP contribution in [0.5, 0.6) is 0 Å². The normalized spacial score (nSPS) is 12.2. The van der Waals surface area contributed by atoms with Crippen LogP contribution in [0.1, 0.15) is 11.9 Å². The van der Waals surface area contributed by atoms with Crippen molar-refractivity contribution in [2.24, 2.45) is 5.73 Å².